The Morgan fingerprint density at radius 2 is 2.20 bits per heavy atom. The van der Waals surface area contributed by atoms with Gasteiger partial charge in [-0.2, -0.15) is 0 Å². The van der Waals surface area contributed by atoms with Crippen LogP contribution < -0.4 is 0 Å². The first-order valence-corrected chi connectivity index (χ1v) is 7.41. The van der Waals surface area contributed by atoms with Crippen molar-refractivity contribution >= 4 is 15.7 Å². The van der Waals surface area contributed by atoms with Gasteiger partial charge in [0.1, 0.15) is 6.10 Å². The van der Waals surface area contributed by atoms with Crippen LogP contribution in [0.1, 0.15) is 33.6 Å². The highest BCUT2D eigenvalue weighted by Gasteiger charge is 2.24. The van der Waals surface area contributed by atoms with Crippen LogP contribution >= 0.6 is 0 Å². The lowest BCUT2D eigenvalue weighted by molar-refractivity contribution is -0.145. The average Bonchev–Trinajstić information content (AvgIpc) is 2.16. The van der Waals surface area contributed by atoms with Gasteiger partial charge in [-0.15, -0.1) is 0 Å². The Bertz CT molecular complexity index is 214. The fourth-order valence-electron chi connectivity index (χ4n) is 1.48. The van der Waals surface area contributed by atoms with Crippen LogP contribution in [0.4, 0.5) is 0 Å². The fourth-order valence-corrected chi connectivity index (χ4v) is 2.38. The zero-order chi connectivity index (χ0) is 11.9. The van der Waals surface area contributed by atoms with Crippen LogP contribution in [0, 0.1) is 0 Å². The normalized spacial score (nSPS) is 14.1. The minimum Gasteiger partial charge on any atom is -0.459 e. The van der Waals surface area contributed by atoms with E-state index in [0.717, 1.165) is 12.8 Å². The minimum atomic E-state index is -0.434. The molecule has 0 saturated carbocycles. The molecule has 0 amide bonds. The van der Waals surface area contributed by atoms with Gasteiger partial charge in [-0.1, -0.05) is 20.0 Å². The smallest absolute Gasteiger partial charge is 0.330 e. The Hall–Kier alpha value is -0.613. The molecule has 0 aliphatic carbocycles. The van der Waals surface area contributed by atoms with Crippen LogP contribution in [0.25, 0.3) is 0 Å². The van der Waals surface area contributed by atoms with Crippen LogP contribution in [-0.4, -0.2) is 27.4 Å². The summed E-state index contributed by atoms with van der Waals surface area (Å²) in [6, 6.07) is 0. The molecule has 0 fully saturated rings. The maximum Gasteiger partial charge on any atom is 0.330 e. The van der Waals surface area contributed by atoms with Crippen molar-refractivity contribution in [2.75, 3.05) is 0 Å². The Kier molecular flexibility index (Phi) is 6.52. The molecule has 0 aromatic carbocycles. The van der Waals surface area contributed by atoms with Gasteiger partial charge < -0.3 is 9.16 Å². The van der Waals surface area contributed by atoms with Gasteiger partial charge in [0.2, 0.25) is 0 Å². The van der Waals surface area contributed by atoms with Gasteiger partial charge in [-0.05, 0) is 20.3 Å². The van der Waals surface area contributed by atoms with Crippen LogP contribution in [0.5, 0.6) is 0 Å². The molecular weight excluding hydrogens is 208 g/mol. The van der Waals surface area contributed by atoms with Crippen LogP contribution in [0.15, 0.2) is 12.7 Å². The number of carbonyl (C=O) groups excluding carboxylic acids is 1. The molecule has 0 radical (unpaired) electrons. The van der Waals surface area contributed by atoms with Gasteiger partial charge in [0, 0.05) is 12.5 Å². The molecule has 15 heavy (non-hydrogen) atoms. The van der Waals surface area contributed by atoms with Crippen molar-refractivity contribution in [1.29, 1.82) is 0 Å². The number of rotatable bonds is 7. The molecule has 0 saturated heterocycles. The summed E-state index contributed by atoms with van der Waals surface area (Å²) in [6.07, 6.45) is 2.66. The molecule has 0 heterocycles. The maximum absolute atomic E-state index is 11.1. The quantitative estimate of drug-likeness (QED) is 0.380. The first-order chi connectivity index (χ1) is 6.95. The number of hydrogen-bond donors (Lipinski definition) is 0. The van der Waals surface area contributed by atoms with Crippen LogP contribution in [-0.2, 0) is 14.0 Å². The summed E-state index contributed by atoms with van der Waals surface area (Å²) < 4.78 is 10.9. The van der Waals surface area contributed by atoms with E-state index in [-0.39, 0.29) is 17.7 Å². The first-order valence-electron chi connectivity index (χ1n) is 5.42. The molecule has 0 aromatic heterocycles. The Balaban J connectivity index is 4.19. The van der Waals surface area contributed by atoms with Crippen LogP contribution in [0.2, 0.25) is 6.55 Å². The standard InChI is InChI=1S/C11H22O3Si/c1-6-9(13-10(12)7-2)8-11(3,4)14-15-5/h7,9H,2,6,8,15H2,1,3-5H3. The van der Waals surface area contributed by atoms with Crippen molar-refractivity contribution in [2.24, 2.45) is 0 Å². The molecule has 0 rings (SSSR count). The maximum atomic E-state index is 11.1. The molecule has 1 atom stereocenters. The second-order valence-electron chi connectivity index (χ2n) is 4.07. The van der Waals surface area contributed by atoms with Crippen molar-refractivity contribution in [1.82, 2.24) is 0 Å². The molecule has 3 nitrogen and oxygen atoms in total. The van der Waals surface area contributed by atoms with Gasteiger partial charge in [0.25, 0.3) is 0 Å². The first kappa shape index (κ1) is 14.4. The SMILES string of the molecule is C=CC(=O)OC(CC)CC(C)(C)O[SiH2]C. The second-order valence-corrected chi connectivity index (χ2v) is 4.93. The van der Waals surface area contributed by atoms with Crippen molar-refractivity contribution in [3.63, 3.8) is 0 Å². The van der Waals surface area contributed by atoms with E-state index in [2.05, 4.69) is 13.1 Å². The van der Waals surface area contributed by atoms with Crippen molar-refractivity contribution in [3.05, 3.63) is 12.7 Å². The molecule has 0 aromatic rings. The third-order valence-electron chi connectivity index (χ3n) is 2.16. The summed E-state index contributed by atoms with van der Waals surface area (Å²) in [5, 5.41) is 0. The van der Waals surface area contributed by atoms with Gasteiger partial charge in [0.05, 0.1) is 5.60 Å². The summed E-state index contributed by atoms with van der Waals surface area (Å²) in [5.41, 5.74) is -0.191. The lowest BCUT2D eigenvalue weighted by Gasteiger charge is -2.29. The summed E-state index contributed by atoms with van der Waals surface area (Å²) in [7, 11) is -0.434. The topological polar surface area (TPSA) is 35.5 Å². The van der Waals surface area contributed by atoms with Crippen molar-refractivity contribution in [2.45, 2.75) is 51.9 Å². The van der Waals surface area contributed by atoms with E-state index in [0.29, 0.717) is 0 Å². The third kappa shape index (κ3) is 6.46. The monoisotopic (exact) mass is 230 g/mol. The van der Waals surface area contributed by atoms with Gasteiger partial charge in [-0.25, -0.2) is 4.79 Å². The summed E-state index contributed by atoms with van der Waals surface area (Å²) in [4.78, 5) is 11.1. The molecule has 0 aliphatic heterocycles. The largest absolute Gasteiger partial charge is 0.459 e. The predicted octanol–water partition coefficient (Wildman–Crippen LogP) is 1.81. The zero-order valence-corrected chi connectivity index (χ0v) is 11.6. The Labute approximate surface area is 94.8 Å². The molecular formula is C11H22O3Si. The summed E-state index contributed by atoms with van der Waals surface area (Å²) in [5.74, 6) is -0.355. The molecule has 4 heteroatoms. The highest BCUT2D eigenvalue weighted by Crippen LogP contribution is 2.20. The number of hydrogen-bond acceptors (Lipinski definition) is 3. The highest BCUT2D eigenvalue weighted by atomic mass is 28.2. The van der Waals surface area contributed by atoms with E-state index in [4.69, 9.17) is 9.16 Å². The predicted molar refractivity (Wildman–Crippen MR) is 64.6 cm³/mol. The minimum absolute atomic E-state index is 0.0777. The van der Waals surface area contributed by atoms with E-state index < -0.39 is 9.76 Å². The molecule has 88 valence electrons. The summed E-state index contributed by atoms with van der Waals surface area (Å²) in [6.45, 7) is 11.5. The Morgan fingerprint density at radius 3 is 2.60 bits per heavy atom. The molecule has 0 N–H and O–H groups in total. The van der Waals surface area contributed by atoms with Crippen molar-refractivity contribution in [3.8, 4) is 0 Å². The number of ether oxygens (including phenoxy) is 1. The highest BCUT2D eigenvalue weighted by molar-refractivity contribution is 6.24. The fraction of sp³-hybridized carbons (Fsp3) is 0.727. The summed E-state index contributed by atoms with van der Waals surface area (Å²) >= 11 is 0. The van der Waals surface area contributed by atoms with E-state index in [1.807, 2.05) is 20.8 Å². The van der Waals surface area contributed by atoms with Crippen molar-refractivity contribution < 1.29 is 14.0 Å². The average molecular weight is 230 g/mol. The van der Waals surface area contributed by atoms with E-state index in [1.54, 1.807) is 0 Å². The number of carbonyl (C=O) groups is 1. The van der Waals surface area contributed by atoms with Gasteiger partial charge in [-0.3, -0.25) is 0 Å². The Morgan fingerprint density at radius 1 is 1.60 bits per heavy atom. The van der Waals surface area contributed by atoms with Crippen LogP contribution in [0.3, 0.4) is 0 Å². The molecule has 0 spiro atoms. The second kappa shape index (κ2) is 6.79. The lowest BCUT2D eigenvalue weighted by atomic mass is 9.99. The van der Waals surface area contributed by atoms with E-state index in [1.165, 1.54) is 6.08 Å². The molecule has 0 bridgehead atoms. The number of esters is 1. The van der Waals surface area contributed by atoms with E-state index >= 15 is 0 Å². The van der Waals surface area contributed by atoms with E-state index in [9.17, 15) is 4.79 Å². The zero-order valence-electron chi connectivity index (χ0n) is 10.2. The molecule has 1 unspecified atom stereocenters. The molecule has 0 aliphatic rings. The third-order valence-corrected chi connectivity index (χ3v) is 3.23. The van der Waals surface area contributed by atoms with Gasteiger partial charge in [0.15, 0.2) is 9.76 Å². The van der Waals surface area contributed by atoms with Gasteiger partial charge >= 0.3 is 5.97 Å². The lowest BCUT2D eigenvalue weighted by Crippen LogP contribution is -2.32.